The van der Waals surface area contributed by atoms with Gasteiger partial charge in [-0.1, -0.05) is 0 Å². The molecule has 0 bridgehead atoms. The second-order valence-electron chi connectivity index (χ2n) is 6.29. The number of esters is 2. The Hall–Kier alpha value is -3.65. The lowest BCUT2D eigenvalue weighted by Crippen LogP contribution is -3.00. The van der Waals surface area contributed by atoms with Gasteiger partial charge in [0.1, 0.15) is 5.56 Å². The number of H-pyrrole nitrogens is 1. The Morgan fingerprint density at radius 2 is 1.55 bits per heavy atom. The quantitative estimate of drug-likeness (QED) is 0.508. The van der Waals surface area contributed by atoms with Crippen molar-refractivity contribution in [2.75, 3.05) is 18.5 Å². The van der Waals surface area contributed by atoms with Crippen LogP contribution in [0.5, 0.6) is 0 Å². The summed E-state index contributed by atoms with van der Waals surface area (Å²) in [4.78, 5) is 38.8. The van der Waals surface area contributed by atoms with E-state index >= 15 is 0 Å². The molecule has 0 aliphatic heterocycles. The van der Waals surface area contributed by atoms with Crippen LogP contribution in [0.3, 0.4) is 0 Å². The van der Waals surface area contributed by atoms with Gasteiger partial charge < -0.3 is 32.3 Å². The largest absolute Gasteiger partial charge is 1.00 e. The Balaban J connectivity index is 0.00000341. The van der Waals surface area contributed by atoms with Crippen LogP contribution >= 0.6 is 0 Å². The SMILES string of the molecule is CCOC(=O)c1ccc2[nH+]cc(C(=O)OCC)c(Nc3ccc(C(=O)O)cc3)c2c1.[Cl-]. The average molecular weight is 445 g/mol. The monoisotopic (exact) mass is 444 g/mol. The van der Waals surface area contributed by atoms with Crippen LogP contribution in [0.4, 0.5) is 11.4 Å². The highest BCUT2D eigenvalue weighted by Crippen LogP contribution is 2.29. The minimum atomic E-state index is -1.03. The molecule has 0 spiro atoms. The van der Waals surface area contributed by atoms with Crippen molar-refractivity contribution in [3.8, 4) is 0 Å². The molecule has 162 valence electrons. The van der Waals surface area contributed by atoms with Crippen molar-refractivity contribution in [3.05, 3.63) is 65.4 Å². The number of carboxylic acid groups (broad SMARTS) is 1. The predicted molar refractivity (Wildman–Crippen MR) is 109 cm³/mol. The number of carboxylic acids is 1. The second-order valence-corrected chi connectivity index (χ2v) is 6.29. The fourth-order valence-electron chi connectivity index (χ4n) is 2.93. The van der Waals surface area contributed by atoms with Gasteiger partial charge in [0.05, 0.1) is 35.4 Å². The summed E-state index contributed by atoms with van der Waals surface area (Å²) in [6.07, 6.45) is 1.53. The first-order valence-electron chi connectivity index (χ1n) is 9.37. The van der Waals surface area contributed by atoms with Crippen LogP contribution < -0.4 is 22.7 Å². The van der Waals surface area contributed by atoms with E-state index in [1.165, 1.54) is 18.3 Å². The summed E-state index contributed by atoms with van der Waals surface area (Å²) in [5.74, 6) is -2.05. The lowest BCUT2D eigenvalue weighted by molar-refractivity contribution is -0.344. The minimum Gasteiger partial charge on any atom is -1.00 e. The molecular formula is C22H21ClN2O6. The zero-order valence-corrected chi connectivity index (χ0v) is 17.7. The highest BCUT2D eigenvalue weighted by Gasteiger charge is 2.22. The number of carbonyl (C=O) groups excluding carboxylic acids is 2. The van der Waals surface area contributed by atoms with Crippen molar-refractivity contribution in [1.29, 1.82) is 0 Å². The molecular weight excluding hydrogens is 424 g/mol. The van der Waals surface area contributed by atoms with Crippen LogP contribution in [0, 0.1) is 0 Å². The van der Waals surface area contributed by atoms with Crippen molar-refractivity contribution < 1.29 is 46.4 Å². The number of nitrogens with one attached hydrogen (secondary N) is 2. The molecule has 3 aromatic rings. The number of hydrogen-bond acceptors (Lipinski definition) is 6. The van der Waals surface area contributed by atoms with Gasteiger partial charge in [-0.15, -0.1) is 0 Å². The van der Waals surface area contributed by atoms with Gasteiger partial charge in [-0.25, -0.2) is 19.4 Å². The Morgan fingerprint density at radius 1 is 0.935 bits per heavy atom. The Morgan fingerprint density at radius 3 is 2.16 bits per heavy atom. The first-order valence-corrected chi connectivity index (χ1v) is 9.37. The van der Waals surface area contributed by atoms with E-state index in [9.17, 15) is 14.4 Å². The van der Waals surface area contributed by atoms with Crippen LogP contribution in [0.25, 0.3) is 10.9 Å². The molecule has 8 nitrogen and oxygen atoms in total. The summed E-state index contributed by atoms with van der Waals surface area (Å²) in [7, 11) is 0. The number of aromatic nitrogens is 1. The molecule has 0 fully saturated rings. The smallest absolute Gasteiger partial charge is 0.346 e. The number of rotatable bonds is 7. The van der Waals surface area contributed by atoms with Crippen LogP contribution in [0.15, 0.2) is 48.7 Å². The van der Waals surface area contributed by atoms with Gasteiger partial charge >= 0.3 is 17.9 Å². The fourth-order valence-corrected chi connectivity index (χ4v) is 2.93. The molecule has 0 saturated heterocycles. The van der Waals surface area contributed by atoms with Crippen molar-refractivity contribution in [3.63, 3.8) is 0 Å². The minimum absolute atomic E-state index is 0. The number of halogens is 1. The molecule has 3 N–H and O–H groups in total. The summed E-state index contributed by atoms with van der Waals surface area (Å²) in [6.45, 7) is 3.87. The second kappa shape index (κ2) is 10.4. The molecule has 0 saturated carbocycles. The molecule has 0 unspecified atom stereocenters. The summed E-state index contributed by atoms with van der Waals surface area (Å²) in [5, 5.41) is 12.8. The molecule has 3 rings (SSSR count). The molecule has 31 heavy (non-hydrogen) atoms. The van der Waals surface area contributed by atoms with Crippen molar-refractivity contribution in [2.45, 2.75) is 13.8 Å². The van der Waals surface area contributed by atoms with E-state index < -0.39 is 17.9 Å². The number of aromatic carboxylic acids is 1. The zero-order chi connectivity index (χ0) is 21.7. The first-order chi connectivity index (χ1) is 14.4. The third kappa shape index (κ3) is 5.29. The normalized spacial score (nSPS) is 10.1. The zero-order valence-electron chi connectivity index (χ0n) is 16.9. The van der Waals surface area contributed by atoms with E-state index in [2.05, 4.69) is 10.3 Å². The van der Waals surface area contributed by atoms with E-state index in [1.807, 2.05) is 0 Å². The Labute approximate surface area is 184 Å². The van der Waals surface area contributed by atoms with E-state index in [-0.39, 0.29) is 36.7 Å². The average Bonchev–Trinajstić information content (AvgIpc) is 2.74. The van der Waals surface area contributed by atoms with E-state index in [1.54, 1.807) is 44.2 Å². The third-order valence-electron chi connectivity index (χ3n) is 4.34. The van der Waals surface area contributed by atoms with Gasteiger partial charge in [0.2, 0.25) is 5.52 Å². The van der Waals surface area contributed by atoms with Gasteiger partial charge in [-0.3, -0.25) is 0 Å². The maximum atomic E-state index is 12.5. The first kappa shape index (κ1) is 23.6. The topological polar surface area (TPSA) is 116 Å². The lowest BCUT2D eigenvalue weighted by Gasteiger charge is -2.13. The number of hydrogen-bond donors (Lipinski definition) is 2. The highest BCUT2D eigenvalue weighted by atomic mass is 35.5. The summed E-state index contributed by atoms with van der Waals surface area (Å²) < 4.78 is 10.2. The Kier molecular flexibility index (Phi) is 7.93. The summed E-state index contributed by atoms with van der Waals surface area (Å²) in [6, 6.07) is 11.1. The maximum Gasteiger partial charge on any atom is 0.346 e. The van der Waals surface area contributed by atoms with Crippen molar-refractivity contribution in [2.24, 2.45) is 0 Å². The molecule has 9 heteroatoms. The number of carbonyl (C=O) groups is 3. The maximum absolute atomic E-state index is 12.5. The van der Waals surface area contributed by atoms with E-state index in [4.69, 9.17) is 14.6 Å². The van der Waals surface area contributed by atoms with Gasteiger partial charge in [-0.2, -0.15) is 0 Å². The van der Waals surface area contributed by atoms with Crippen LogP contribution in [-0.2, 0) is 9.47 Å². The van der Waals surface area contributed by atoms with Gasteiger partial charge in [0.25, 0.3) is 0 Å². The van der Waals surface area contributed by atoms with Crippen LogP contribution in [0.1, 0.15) is 44.9 Å². The number of fused-ring (bicyclic) bond motifs is 1. The number of aromatic amines is 1. The van der Waals surface area contributed by atoms with Gasteiger partial charge in [-0.05, 0) is 50.2 Å². The fraction of sp³-hybridized carbons (Fsp3) is 0.182. The van der Waals surface area contributed by atoms with E-state index in [0.29, 0.717) is 27.8 Å². The van der Waals surface area contributed by atoms with Gasteiger partial charge in [0, 0.05) is 11.8 Å². The molecule has 1 aromatic heterocycles. The van der Waals surface area contributed by atoms with Crippen LogP contribution in [-0.4, -0.2) is 36.2 Å². The highest BCUT2D eigenvalue weighted by molar-refractivity contribution is 6.06. The third-order valence-corrected chi connectivity index (χ3v) is 4.34. The van der Waals surface area contributed by atoms with Crippen LogP contribution in [0.2, 0.25) is 0 Å². The standard InChI is InChI=1S/C22H20N2O6.ClH/c1-3-29-21(27)14-7-10-18-16(11-14)19(17(12-23-18)22(28)30-4-2)24-15-8-5-13(6-9-15)20(25)26;/h5-12H,3-4H2,1-2H3,(H,23,24)(H,25,26);1H. The molecule has 0 aliphatic rings. The number of anilines is 2. The Bertz CT molecular complexity index is 1110. The summed E-state index contributed by atoms with van der Waals surface area (Å²) >= 11 is 0. The van der Waals surface area contributed by atoms with E-state index in [0.717, 1.165) is 0 Å². The predicted octanol–water partition coefficient (Wildman–Crippen LogP) is 0.453. The molecule has 0 aliphatic carbocycles. The van der Waals surface area contributed by atoms with Crippen molar-refractivity contribution in [1.82, 2.24) is 0 Å². The number of benzene rings is 2. The lowest BCUT2D eigenvalue weighted by atomic mass is 10.1. The molecule has 0 radical (unpaired) electrons. The molecule has 0 atom stereocenters. The molecule has 0 amide bonds. The summed E-state index contributed by atoms with van der Waals surface area (Å²) in [5.41, 5.74) is 2.40. The number of ether oxygens (including phenoxy) is 2. The van der Waals surface area contributed by atoms with Crippen molar-refractivity contribution >= 4 is 40.2 Å². The molecule has 1 heterocycles. The molecule has 2 aromatic carbocycles. The van der Waals surface area contributed by atoms with Gasteiger partial charge in [0.15, 0.2) is 6.20 Å². The number of pyridine rings is 1.